The molecule has 1 fully saturated rings. The zero-order valence-corrected chi connectivity index (χ0v) is 10.9. The second-order valence-corrected chi connectivity index (χ2v) is 6.77. The quantitative estimate of drug-likeness (QED) is 0.816. The van der Waals surface area contributed by atoms with E-state index in [1.54, 1.807) is 18.2 Å². The fraction of sp³-hybridized carbons (Fsp3) is 0.364. The van der Waals surface area contributed by atoms with Gasteiger partial charge in [0.2, 0.25) is 0 Å². The molecular formula is C11H12ClNO4S. The summed E-state index contributed by atoms with van der Waals surface area (Å²) in [4.78, 5) is 11.9. The summed E-state index contributed by atoms with van der Waals surface area (Å²) in [5.41, 5.74) is 0.260. The van der Waals surface area contributed by atoms with Gasteiger partial charge in [0.25, 0.3) is 5.91 Å². The minimum absolute atomic E-state index is 0.246. The highest BCUT2D eigenvalue weighted by molar-refractivity contribution is 7.91. The van der Waals surface area contributed by atoms with Crippen molar-refractivity contribution in [1.29, 1.82) is 0 Å². The first-order chi connectivity index (χ1) is 8.39. The molecule has 1 aromatic rings. The van der Waals surface area contributed by atoms with Crippen molar-refractivity contribution in [3.05, 3.63) is 34.9 Å². The number of sulfone groups is 1. The van der Waals surface area contributed by atoms with E-state index in [4.69, 9.17) is 11.6 Å². The van der Waals surface area contributed by atoms with Gasteiger partial charge in [0.05, 0.1) is 34.2 Å². The lowest BCUT2D eigenvalue weighted by molar-refractivity contribution is 0.0889. The van der Waals surface area contributed by atoms with Crippen molar-refractivity contribution in [3.8, 4) is 0 Å². The maximum atomic E-state index is 11.9. The van der Waals surface area contributed by atoms with Crippen LogP contribution in [0.2, 0.25) is 5.02 Å². The van der Waals surface area contributed by atoms with Gasteiger partial charge in [-0.1, -0.05) is 23.7 Å². The predicted molar refractivity (Wildman–Crippen MR) is 67.4 cm³/mol. The molecule has 2 rings (SSSR count). The van der Waals surface area contributed by atoms with E-state index in [1.165, 1.54) is 6.07 Å². The Morgan fingerprint density at radius 1 is 1.33 bits per heavy atom. The summed E-state index contributed by atoms with van der Waals surface area (Å²) < 4.78 is 22.6. The van der Waals surface area contributed by atoms with Gasteiger partial charge >= 0.3 is 0 Å². The van der Waals surface area contributed by atoms with Gasteiger partial charge in [0.15, 0.2) is 9.84 Å². The number of hydrogen-bond acceptors (Lipinski definition) is 4. The summed E-state index contributed by atoms with van der Waals surface area (Å²) in [6.45, 7) is 0. The van der Waals surface area contributed by atoms with Gasteiger partial charge in [0, 0.05) is 0 Å². The number of benzene rings is 1. The molecular weight excluding hydrogens is 278 g/mol. The molecule has 0 spiro atoms. The first-order valence-corrected chi connectivity index (χ1v) is 7.53. The van der Waals surface area contributed by atoms with Crippen molar-refractivity contribution >= 4 is 27.3 Å². The number of hydrogen-bond donors (Lipinski definition) is 2. The zero-order chi connectivity index (χ0) is 13.3. The average Bonchev–Trinajstić information content (AvgIpc) is 2.52. The van der Waals surface area contributed by atoms with Crippen LogP contribution in [0.1, 0.15) is 10.4 Å². The zero-order valence-electron chi connectivity index (χ0n) is 9.34. The van der Waals surface area contributed by atoms with Crippen molar-refractivity contribution < 1.29 is 18.3 Å². The third kappa shape index (κ3) is 2.82. The molecule has 18 heavy (non-hydrogen) atoms. The van der Waals surface area contributed by atoms with Gasteiger partial charge in [-0.3, -0.25) is 4.79 Å². The molecule has 1 aromatic carbocycles. The molecule has 7 heteroatoms. The van der Waals surface area contributed by atoms with Crippen LogP contribution in [0, 0.1) is 0 Å². The number of carbonyl (C=O) groups is 1. The average molecular weight is 290 g/mol. The number of rotatable bonds is 2. The van der Waals surface area contributed by atoms with Gasteiger partial charge in [-0.05, 0) is 12.1 Å². The molecule has 0 radical (unpaired) electrons. The number of aliphatic hydroxyl groups excluding tert-OH is 1. The Kier molecular flexibility index (Phi) is 3.61. The highest BCUT2D eigenvalue weighted by Gasteiger charge is 2.37. The van der Waals surface area contributed by atoms with Gasteiger partial charge in [-0.25, -0.2) is 8.42 Å². The molecule has 0 aromatic heterocycles. The fourth-order valence-electron chi connectivity index (χ4n) is 1.86. The largest absolute Gasteiger partial charge is 0.390 e. The van der Waals surface area contributed by atoms with Crippen LogP contribution >= 0.6 is 11.6 Å². The van der Waals surface area contributed by atoms with E-state index >= 15 is 0 Å². The lowest BCUT2D eigenvalue weighted by Gasteiger charge is -2.15. The maximum Gasteiger partial charge on any atom is 0.253 e. The van der Waals surface area contributed by atoms with Gasteiger partial charge in [-0.2, -0.15) is 0 Å². The molecule has 2 unspecified atom stereocenters. The normalized spacial score (nSPS) is 25.9. The Balaban J connectivity index is 2.12. The first kappa shape index (κ1) is 13.3. The summed E-state index contributed by atoms with van der Waals surface area (Å²) in [6.07, 6.45) is -1.07. The van der Waals surface area contributed by atoms with Crippen molar-refractivity contribution in [1.82, 2.24) is 5.32 Å². The monoisotopic (exact) mass is 289 g/mol. The molecule has 1 heterocycles. The molecule has 1 saturated heterocycles. The second-order valence-electron chi connectivity index (χ2n) is 4.20. The first-order valence-electron chi connectivity index (χ1n) is 5.33. The lowest BCUT2D eigenvalue weighted by Crippen LogP contribution is -2.42. The van der Waals surface area contributed by atoms with E-state index in [1.807, 2.05) is 0 Å². The number of carbonyl (C=O) groups excluding carboxylic acids is 1. The van der Waals surface area contributed by atoms with Gasteiger partial charge < -0.3 is 10.4 Å². The molecule has 0 aliphatic carbocycles. The van der Waals surface area contributed by atoms with E-state index < -0.39 is 27.9 Å². The topological polar surface area (TPSA) is 83.5 Å². The Bertz CT molecular complexity index is 572. The van der Waals surface area contributed by atoms with Crippen LogP contribution in [-0.2, 0) is 9.84 Å². The number of nitrogens with one attached hydrogen (secondary N) is 1. The van der Waals surface area contributed by atoms with Crippen LogP contribution in [0.4, 0.5) is 0 Å². The predicted octanol–water partition coefficient (Wildman–Crippen LogP) is 0.228. The van der Waals surface area contributed by atoms with E-state index in [2.05, 4.69) is 5.32 Å². The van der Waals surface area contributed by atoms with Crippen molar-refractivity contribution in [2.24, 2.45) is 0 Å². The van der Waals surface area contributed by atoms with Gasteiger partial charge in [0.1, 0.15) is 0 Å². The molecule has 1 aliphatic heterocycles. The lowest BCUT2D eigenvalue weighted by atomic mass is 10.1. The summed E-state index contributed by atoms with van der Waals surface area (Å²) in [7, 11) is -3.28. The Morgan fingerprint density at radius 2 is 2.00 bits per heavy atom. The Labute approximate surface area is 110 Å². The van der Waals surface area contributed by atoms with Crippen LogP contribution in [0.5, 0.6) is 0 Å². The summed E-state index contributed by atoms with van der Waals surface area (Å²) in [6, 6.07) is 5.67. The fourth-order valence-corrected chi connectivity index (χ4v) is 3.82. The van der Waals surface area contributed by atoms with E-state index in [0.717, 1.165) is 0 Å². The second kappa shape index (κ2) is 4.87. The summed E-state index contributed by atoms with van der Waals surface area (Å²) in [5.74, 6) is -1.05. The summed E-state index contributed by atoms with van der Waals surface area (Å²) in [5, 5.41) is 12.3. The Hall–Kier alpha value is -1.11. The third-order valence-electron chi connectivity index (χ3n) is 2.76. The van der Waals surface area contributed by atoms with Crippen molar-refractivity contribution in [3.63, 3.8) is 0 Å². The smallest absolute Gasteiger partial charge is 0.253 e. The van der Waals surface area contributed by atoms with Crippen LogP contribution in [0.25, 0.3) is 0 Å². The van der Waals surface area contributed by atoms with Crippen molar-refractivity contribution in [2.45, 2.75) is 12.1 Å². The van der Waals surface area contributed by atoms with Crippen LogP contribution in [0.3, 0.4) is 0 Å². The third-order valence-corrected chi connectivity index (χ3v) is 4.80. The molecule has 1 amide bonds. The minimum Gasteiger partial charge on any atom is -0.390 e. The summed E-state index contributed by atoms with van der Waals surface area (Å²) >= 11 is 5.86. The van der Waals surface area contributed by atoms with Crippen LogP contribution in [0.15, 0.2) is 24.3 Å². The standard InChI is InChI=1S/C11H12ClNO4S/c12-8-4-2-1-3-7(8)11(15)13-9-5-18(16,17)6-10(9)14/h1-4,9-10,14H,5-6H2,(H,13,15). The van der Waals surface area contributed by atoms with E-state index in [0.29, 0.717) is 0 Å². The number of amides is 1. The molecule has 98 valence electrons. The van der Waals surface area contributed by atoms with Crippen LogP contribution in [-0.4, -0.2) is 43.1 Å². The number of aliphatic hydroxyl groups is 1. The molecule has 2 N–H and O–H groups in total. The molecule has 2 atom stereocenters. The van der Waals surface area contributed by atoms with Crippen LogP contribution < -0.4 is 5.32 Å². The van der Waals surface area contributed by atoms with E-state index in [-0.39, 0.29) is 22.1 Å². The van der Waals surface area contributed by atoms with E-state index in [9.17, 15) is 18.3 Å². The van der Waals surface area contributed by atoms with Crippen molar-refractivity contribution in [2.75, 3.05) is 11.5 Å². The SMILES string of the molecule is O=C(NC1CS(=O)(=O)CC1O)c1ccccc1Cl. The highest BCUT2D eigenvalue weighted by atomic mass is 35.5. The maximum absolute atomic E-state index is 11.9. The minimum atomic E-state index is -3.28. The Morgan fingerprint density at radius 3 is 2.56 bits per heavy atom. The molecule has 0 bridgehead atoms. The molecule has 1 aliphatic rings. The molecule has 5 nitrogen and oxygen atoms in total. The molecule has 0 saturated carbocycles. The number of halogens is 1. The van der Waals surface area contributed by atoms with Gasteiger partial charge in [-0.15, -0.1) is 0 Å². The highest BCUT2D eigenvalue weighted by Crippen LogP contribution is 2.17.